The van der Waals surface area contributed by atoms with Crippen LogP contribution in [0.15, 0.2) is 55.1 Å². The summed E-state index contributed by atoms with van der Waals surface area (Å²) in [6, 6.07) is 9.18. The molecule has 1 fully saturated rings. The van der Waals surface area contributed by atoms with E-state index in [1.54, 1.807) is 42.6 Å². The fraction of sp³-hybridized carbons (Fsp3) is 0.333. The number of nitrogens with zero attached hydrogens (tertiary/aromatic N) is 5. The fourth-order valence-corrected chi connectivity index (χ4v) is 3.53. The summed E-state index contributed by atoms with van der Waals surface area (Å²) in [5, 5.41) is 4.12. The third-order valence-electron chi connectivity index (χ3n) is 4.96. The number of ether oxygens (including phenoxy) is 2. The van der Waals surface area contributed by atoms with Gasteiger partial charge in [-0.2, -0.15) is 5.10 Å². The van der Waals surface area contributed by atoms with Gasteiger partial charge in [0.15, 0.2) is 0 Å². The summed E-state index contributed by atoms with van der Waals surface area (Å²) in [4.78, 5) is 23.5. The molecular formula is C21H23N5O3. The molecule has 0 aliphatic carbocycles. The van der Waals surface area contributed by atoms with Crippen LogP contribution in [0.2, 0.25) is 0 Å². The van der Waals surface area contributed by atoms with Crippen molar-refractivity contribution in [2.24, 2.45) is 0 Å². The van der Waals surface area contributed by atoms with E-state index in [2.05, 4.69) is 15.1 Å². The Morgan fingerprint density at radius 3 is 2.86 bits per heavy atom. The van der Waals surface area contributed by atoms with Gasteiger partial charge in [-0.25, -0.2) is 4.98 Å². The summed E-state index contributed by atoms with van der Waals surface area (Å²) >= 11 is 0. The Hall–Kier alpha value is -3.42. The Balaban J connectivity index is 1.49. The minimum atomic E-state index is 0.0533. The molecule has 0 N–H and O–H groups in total. The Labute approximate surface area is 169 Å². The molecule has 0 radical (unpaired) electrons. The molecule has 1 amide bonds. The first-order valence-corrected chi connectivity index (χ1v) is 9.61. The van der Waals surface area contributed by atoms with Gasteiger partial charge < -0.3 is 14.4 Å². The van der Waals surface area contributed by atoms with Crippen molar-refractivity contribution in [1.82, 2.24) is 24.6 Å². The quantitative estimate of drug-likeness (QED) is 0.640. The second-order valence-electron chi connectivity index (χ2n) is 6.91. The van der Waals surface area contributed by atoms with Gasteiger partial charge in [-0.15, -0.1) is 0 Å². The predicted molar refractivity (Wildman–Crippen MR) is 106 cm³/mol. The number of carbonyl (C=O) groups is 1. The van der Waals surface area contributed by atoms with Crippen LogP contribution in [0.1, 0.15) is 24.5 Å². The first kappa shape index (κ1) is 18.9. The lowest BCUT2D eigenvalue weighted by Gasteiger charge is -2.32. The van der Waals surface area contributed by atoms with Gasteiger partial charge in [-0.3, -0.25) is 14.5 Å². The molecule has 0 spiro atoms. The SMILES string of the molecule is COc1cccc(Oc2nccnc2C2CCCN(C(=O)Cn3cccn3)C2)c1. The van der Waals surface area contributed by atoms with Crippen molar-refractivity contribution in [2.75, 3.05) is 20.2 Å². The average molecular weight is 393 g/mol. The van der Waals surface area contributed by atoms with Crippen molar-refractivity contribution in [3.8, 4) is 17.4 Å². The number of aromatic nitrogens is 4. The van der Waals surface area contributed by atoms with Crippen molar-refractivity contribution < 1.29 is 14.3 Å². The van der Waals surface area contributed by atoms with Crippen molar-refractivity contribution in [3.05, 3.63) is 60.8 Å². The highest BCUT2D eigenvalue weighted by Gasteiger charge is 2.28. The summed E-state index contributed by atoms with van der Waals surface area (Å²) in [5.74, 6) is 1.93. The van der Waals surface area contributed by atoms with Gasteiger partial charge in [-0.05, 0) is 31.0 Å². The Bertz CT molecular complexity index is 960. The first-order chi connectivity index (χ1) is 14.2. The van der Waals surface area contributed by atoms with E-state index in [0.717, 1.165) is 25.1 Å². The Kier molecular flexibility index (Phi) is 5.69. The highest BCUT2D eigenvalue weighted by Crippen LogP contribution is 2.33. The smallest absolute Gasteiger partial charge is 0.244 e. The molecular weight excluding hydrogens is 370 g/mol. The van der Waals surface area contributed by atoms with Gasteiger partial charge in [-0.1, -0.05) is 6.07 Å². The second kappa shape index (κ2) is 8.72. The highest BCUT2D eigenvalue weighted by molar-refractivity contribution is 5.76. The zero-order valence-electron chi connectivity index (χ0n) is 16.3. The number of hydrogen-bond acceptors (Lipinski definition) is 6. The standard InChI is InChI=1S/C21H23N5O3/c1-28-17-6-2-7-18(13-17)29-21-20(22-9-10-23-21)16-5-3-11-25(14-16)19(27)15-26-12-4-8-24-26/h2,4,6-10,12-13,16H,3,5,11,14-15H2,1H3. The number of piperidine rings is 1. The third-order valence-corrected chi connectivity index (χ3v) is 4.96. The van der Waals surface area contributed by atoms with Crippen LogP contribution in [0, 0.1) is 0 Å². The lowest BCUT2D eigenvalue weighted by Crippen LogP contribution is -2.41. The molecule has 3 aromatic rings. The largest absolute Gasteiger partial charge is 0.497 e. The molecule has 8 nitrogen and oxygen atoms in total. The van der Waals surface area contributed by atoms with Gasteiger partial charge in [0, 0.05) is 49.9 Å². The van der Waals surface area contributed by atoms with Crippen molar-refractivity contribution >= 4 is 5.91 Å². The number of methoxy groups -OCH3 is 1. The van der Waals surface area contributed by atoms with Gasteiger partial charge in [0.25, 0.3) is 0 Å². The molecule has 29 heavy (non-hydrogen) atoms. The van der Waals surface area contributed by atoms with Crippen LogP contribution in [0.25, 0.3) is 0 Å². The zero-order chi connectivity index (χ0) is 20.1. The summed E-state index contributed by atoms with van der Waals surface area (Å²) in [6.45, 7) is 1.57. The molecule has 8 heteroatoms. The maximum Gasteiger partial charge on any atom is 0.244 e. The summed E-state index contributed by atoms with van der Waals surface area (Å²) in [5.41, 5.74) is 0.770. The molecule has 2 aromatic heterocycles. The zero-order valence-corrected chi connectivity index (χ0v) is 16.3. The fourth-order valence-electron chi connectivity index (χ4n) is 3.53. The van der Waals surface area contributed by atoms with Gasteiger partial charge in [0.05, 0.1) is 7.11 Å². The van der Waals surface area contributed by atoms with E-state index >= 15 is 0 Å². The first-order valence-electron chi connectivity index (χ1n) is 9.61. The van der Waals surface area contributed by atoms with Crippen LogP contribution in [0.4, 0.5) is 0 Å². The number of carbonyl (C=O) groups excluding carboxylic acids is 1. The monoisotopic (exact) mass is 393 g/mol. The molecule has 4 rings (SSSR count). The minimum absolute atomic E-state index is 0.0533. The normalized spacial score (nSPS) is 16.4. The number of likely N-dealkylation sites (tertiary alicyclic amines) is 1. The van der Waals surface area contributed by atoms with E-state index in [1.165, 1.54) is 0 Å². The van der Waals surface area contributed by atoms with Crippen LogP contribution in [-0.4, -0.2) is 50.8 Å². The highest BCUT2D eigenvalue weighted by atomic mass is 16.5. The number of benzene rings is 1. The Morgan fingerprint density at radius 2 is 2.03 bits per heavy atom. The maximum atomic E-state index is 12.7. The number of amides is 1. The number of rotatable bonds is 6. The average Bonchev–Trinajstić information content (AvgIpc) is 3.27. The lowest BCUT2D eigenvalue weighted by atomic mass is 9.94. The maximum absolute atomic E-state index is 12.7. The van der Waals surface area contributed by atoms with Crippen LogP contribution in [-0.2, 0) is 11.3 Å². The van der Waals surface area contributed by atoms with Crippen LogP contribution >= 0.6 is 0 Å². The van der Waals surface area contributed by atoms with E-state index in [-0.39, 0.29) is 18.4 Å². The second-order valence-corrected chi connectivity index (χ2v) is 6.91. The third kappa shape index (κ3) is 4.53. The van der Waals surface area contributed by atoms with E-state index in [9.17, 15) is 4.79 Å². The molecule has 1 atom stereocenters. The topological polar surface area (TPSA) is 82.4 Å². The van der Waals surface area contributed by atoms with E-state index < -0.39 is 0 Å². The van der Waals surface area contributed by atoms with Crippen molar-refractivity contribution in [3.63, 3.8) is 0 Å². The number of hydrogen-bond donors (Lipinski definition) is 0. The van der Waals surface area contributed by atoms with E-state index in [4.69, 9.17) is 9.47 Å². The molecule has 1 saturated heterocycles. The molecule has 0 saturated carbocycles. The lowest BCUT2D eigenvalue weighted by molar-refractivity contribution is -0.133. The van der Waals surface area contributed by atoms with Crippen LogP contribution in [0.3, 0.4) is 0 Å². The molecule has 3 heterocycles. The summed E-state index contributed by atoms with van der Waals surface area (Å²) < 4.78 is 12.9. The molecule has 0 bridgehead atoms. The molecule has 1 aromatic carbocycles. The van der Waals surface area contributed by atoms with E-state index in [1.807, 2.05) is 29.2 Å². The van der Waals surface area contributed by atoms with Crippen LogP contribution < -0.4 is 9.47 Å². The van der Waals surface area contributed by atoms with Gasteiger partial charge in [0.1, 0.15) is 23.7 Å². The Morgan fingerprint density at radius 1 is 1.17 bits per heavy atom. The predicted octanol–water partition coefficient (Wildman–Crippen LogP) is 2.88. The van der Waals surface area contributed by atoms with Gasteiger partial charge in [0.2, 0.25) is 11.8 Å². The summed E-state index contributed by atoms with van der Waals surface area (Å²) in [6.07, 6.45) is 8.58. The van der Waals surface area contributed by atoms with Gasteiger partial charge >= 0.3 is 0 Å². The minimum Gasteiger partial charge on any atom is -0.497 e. The van der Waals surface area contributed by atoms with Crippen LogP contribution in [0.5, 0.6) is 17.4 Å². The van der Waals surface area contributed by atoms with Crippen molar-refractivity contribution in [1.29, 1.82) is 0 Å². The molecule has 1 aliphatic heterocycles. The van der Waals surface area contributed by atoms with Crippen molar-refractivity contribution in [2.45, 2.75) is 25.3 Å². The molecule has 1 unspecified atom stereocenters. The molecule has 150 valence electrons. The van der Waals surface area contributed by atoms with E-state index in [0.29, 0.717) is 23.9 Å². The summed E-state index contributed by atoms with van der Waals surface area (Å²) in [7, 11) is 1.61. The molecule has 1 aliphatic rings.